The first-order valence-corrected chi connectivity index (χ1v) is 12.9. The van der Waals surface area contributed by atoms with E-state index in [0.717, 1.165) is 58.6 Å². The largest absolute Gasteiger partial charge is 0.370 e. The topological polar surface area (TPSA) is 47.3 Å². The van der Waals surface area contributed by atoms with Crippen LogP contribution in [0.15, 0.2) is 35.9 Å². The Balaban J connectivity index is 1.33. The van der Waals surface area contributed by atoms with Crippen molar-refractivity contribution in [1.82, 2.24) is 4.90 Å². The zero-order valence-electron chi connectivity index (χ0n) is 20.0. The van der Waals surface area contributed by atoms with Crippen molar-refractivity contribution in [2.24, 2.45) is 0 Å². The molecule has 0 saturated carbocycles. The van der Waals surface area contributed by atoms with Gasteiger partial charge in [-0.2, -0.15) is 5.26 Å². The molecule has 2 fully saturated rings. The Morgan fingerprint density at radius 2 is 1.76 bits per heavy atom. The van der Waals surface area contributed by atoms with Crippen LogP contribution in [-0.2, 0) is 11.8 Å². The summed E-state index contributed by atoms with van der Waals surface area (Å²) in [7, 11) is 0. The van der Waals surface area contributed by atoms with Crippen molar-refractivity contribution in [1.29, 1.82) is 5.26 Å². The van der Waals surface area contributed by atoms with Gasteiger partial charge in [0.1, 0.15) is 0 Å². The predicted octanol–water partition coefficient (Wildman–Crippen LogP) is 5.76. The Morgan fingerprint density at radius 3 is 2.47 bits per heavy atom. The molecule has 0 N–H and O–H groups in total. The normalized spacial score (nSPS) is 21.9. The third kappa shape index (κ3) is 3.25. The van der Waals surface area contributed by atoms with E-state index < -0.39 is 0 Å². The quantitative estimate of drug-likeness (QED) is 0.558. The van der Waals surface area contributed by atoms with Crippen LogP contribution in [0.2, 0.25) is 5.02 Å². The molecule has 2 aliphatic heterocycles. The Hall–Kier alpha value is -2.61. The molecule has 0 unspecified atom stereocenters. The summed E-state index contributed by atoms with van der Waals surface area (Å²) in [6, 6.07) is 12.7. The van der Waals surface area contributed by atoms with Crippen molar-refractivity contribution in [2.75, 3.05) is 31.1 Å². The van der Waals surface area contributed by atoms with E-state index in [2.05, 4.69) is 35.8 Å². The second kappa shape index (κ2) is 7.97. The lowest BCUT2D eigenvalue weighted by molar-refractivity contribution is 0.105. The molecule has 2 heterocycles. The number of nitriles is 1. The molecule has 0 amide bonds. The molecular formula is C29H30ClN3O. The van der Waals surface area contributed by atoms with Gasteiger partial charge in [0.25, 0.3) is 0 Å². The minimum Gasteiger partial charge on any atom is -0.370 e. The van der Waals surface area contributed by atoms with Gasteiger partial charge < -0.3 is 9.80 Å². The molecule has 0 spiro atoms. The fourth-order valence-corrected chi connectivity index (χ4v) is 6.96. The maximum absolute atomic E-state index is 13.7. The average molecular weight is 472 g/mol. The number of carbonyl (C=O) groups is 1. The van der Waals surface area contributed by atoms with Crippen LogP contribution in [0.4, 0.5) is 5.69 Å². The fraction of sp³-hybridized carbons (Fsp3) is 0.448. The van der Waals surface area contributed by atoms with Crippen LogP contribution in [0, 0.1) is 11.3 Å². The monoisotopic (exact) mass is 471 g/mol. The van der Waals surface area contributed by atoms with Gasteiger partial charge in [-0.3, -0.25) is 4.79 Å². The Kier molecular flexibility index (Phi) is 5.13. The highest BCUT2D eigenvalue weighted by molar-refractivity contribution is 6.36. The van der Waals surface area contributed by atoms with Crippen LogP contribution in [0.5, 0.6) is 0 Å². The number of fused-ring (bicyclic) bond motifs is 3. The highest BCUT2D eigenvalue weighted by atomic mass is 35.5. The number of halogens is 1. The van der Waals surface area contributed by atoms with E-state index in [9.17, 15) is 10.1 Å². The Labute approximate surface area is 206 Å². The summed E-state index contributed by atoms with van der Waals surface area (Å²) in [4.78, 5) is 18.8. The van der Waals surface area contributed by atoms with Gasteiger partial charge in [-0.15, -0.1) is 0 Å². The average Bonchev–Trinajstić information content (AvgIpc) is 3.51. The summed E-state index contributed by atoms with van der Waals surface area (Å²) in [5, 5.41) is 10.0. The van der Waals surface area contributed by atoms with Crippen LogP contribution < -0.4 is 4.90 Å². The number of carbonyl (C=O) groups excluding carboxylic acids is 1. The molecule has 0 radical (unpaired) electrons. The number of nitrogens with zero attached hydrogens (tertiary/aromatic N) is 3. The number of piperidine rings is 1. The Morgan fingerprint density at radius 1 is 1.03 bits per heavy atom. The van der Waals surface area contributed by atoms with Crippen LogP contribution in [0.25, 0.3) is 5.57 Å². The van der Waals surface area contributed by atoms with E-state index in [1.165, 1.54) is 38.8 Å². The van der Waals surface area contributed by atoms with Crippen molar-refractivity contribution in [3.63, 3.8) is 0 Å². The highest BCUT2D eigenvalue weighted by Crippen LogP contribution is 2.51. The molecule has 2 aliphatic carbocycles. The number of rotatable bonds is 2. The van der Waals surface area contributed by atoms with E-state index in [4.69, 9.17) is 11.6 Å². The second-order valence-electron chi connectivity index (χ2n) is 10.8. The third-order valence-electron chi connectivity index (χ3n) is 8.62. The second-order valence-corrected chi connectivity index (χ2v) is 11.2. The summed E-state index contributed by atoms with van der Waals surface area (Å²) in [6.07, 6.45) is 5.72. The molecule has 174 valence electrons. The lowest BCUT2D eigenvalue weighted by atomic mass is 9.68. The van der Waals surface area contributed by atoms with Crippen LogP contribution >= 0.6 is 11.6 Å². The molecule has 0 atom stereocenters. The molecular weight excluding hydrogens is 442 g/mol. The molecule has 0 bridgehead atoms. The molecule has 5 heteroatoms. The number of Topliss-reactive ketones (excluding diaryl/α,β-unsaturated/α-hetero) is 1. The zero-order chi connectivity index (χ0) is 23.6. The van der Waals surface area contributed by atoms with E-state index in [1.807, 2.05) is 24.3 Å². The molecule has 2 aromatic carbocycles. The van der Waals surface area contributed by atoms with Gasteiger partial charge in [-0.25, -0.2) is 0 Å². The summed E-state index contributed by atoms with van der Waals surface area (Å²) < 4.78 is 0. The first-order chi connectivity index (χ1) is 16.4. The summed E-state index contributed by atoms with van der Waals surface area (Å²) >= 11 is 6.84. The molecule has 0 aromatic heterocycles. The first kappa shape index (κ1) is 21.9. The van der Waals surface area contributed by atoms with Gasteiger partial charge in [-0.1, -0.05) is 31.5 Å². The van der Waals surface area contributed by atoms with Gasteiger partial charge in [0.2, 0.25) is 0 Å². The molecule has 2 saturated heterocycles. The van der Waals surface area contributed by atoms with Crippen molar-refractivity contribution in [3.05, 3.63) is 68.7 Å². The van der Waals surface area contributed by atoms with Crippen molar-refractivity contribution >= 4 is 28.6 Å². The van der Waals surface area contributed by atoms with Crippen molar-refractivity contribution in [2.45, 2.75) is 57.4 Å². The number of likely N-dealkylation sites (tertiary alicyclic amines) is 1. The maximum atomic E-state index is 13.7. The lowest BCUT2D eigenvalue weighted by Crippen LogP contribution is -2.44. The maximum Gasteiger partial charge on any atom is 0.194 e. The Bertz CT molecular complexity index is 1270. The van der Waals surface area contributed by atoms with Gasteiger partial charge in [0.15, 0.2) is 5.78 Å². The van der Waals surface area contributed by atoms with Gasteiger partial charge in [0, 0.05) is 35.7 Å². The third-order valence-corrected chi connectivity index (χ3v) is 8.92. The predicted molar refractivity (Wildman–Crippen MR) is 137 cm³/mol. The number of ketones is 1. The number of anilines is 1. The molecule has 2 aromatic rings. The first-order valence-electron chi connectivity index (χ1n) is 12.5. The number of benzene rings is 2. The molecule has 34 heavy (non-hydrogen) atoms. The zero-order valence-corrected chi connectivity index (χ0v) is 20.7. The van der Waals surface area contributed by atoms with Gasteiger partial charge >= 0.3 is 0 Å². The minimum atomic E-state index is -0.280. The molecule has 4 nitrogen and oxygen atoms in total. The summed E-state index contributed by atoms with van der Waals surface area (Å²) in [5.74, 6) is 0.0639. The van der Waals surface area contributed by atoms with E-state index in [0.29, 0.717) is 16.6 Å². The molecule has 4 aliphatic rings. The van der Waals surface area contributed by atoms with E-state index in [1.54, 1.807) is 0 Å². The van der Waals surface area contributed by atoms with Crippen molar-refractivity contribution in [3.8, 4) is 6.07 Å². The SMILES string of the molecule is CC1(C)C2=C(C(=O)c3cc(Cl)c(N4CCC(N5CCCC5)CC4)cc31)c1ccc(C#N)cc1C2. The minimum absolute atomic E-state index is 0.0639. The van der Waals surface area contributed by atoms with E-state index >= 15 is 0 Å². The smallest absolute Gasteiger partial charge is 0.194 e. The number of hydrogen-bond acceptors (Lipinski definition) is 4. The fourth-order valence-electron chi connectivity index (χ4n) is 6.67. The van der Waals surface area contributed by atoms with Gasteiger partial charge in [-0.05, 0) is 91.7 Å². The van der Waals surface area contributed by atoms with Gasteiger partial charge in [0.05, 0.1) is 22.3 Å². The summed E-state index contributed by atoms with van der Waals surface area (Å²) in [6.45, 7) is 8.95. The number of allylic oxidation sites excluding steroid dienone is 2. The standard InChI is InChI=1S/C29H30ClN3O/c1-29(2)23-16-26(33-11-7-20(8-12-33)32-9-3-4-10-32)25(30)15-22(23)28(34)27-21-6-5-18(17-31)13-19(21)14-24(27)29/h5-6,13,15-16,20H,3-4,7-12,14H2,1-2H3. The highest BCUT2D eigenvalue weighted by Gasteiger charge is 2.43. The number of hydrogen-bond donors (Lipinski definition) is 0. The van der Waals surface area contributed by atoms with Crippen LogP contribution in [0.1, 0.15) is 72.1 Å². The van der Waals surface area contributed by atoms with Crippen molar-refractivity contribution < 1.29 is 4.79 Å². The van der Waals surface area contributed by atoms with E-state index in [-0.39, 0.29) is 11.2 Å². The summed E-state index contributed by atoms with van der Waals surface area (Å²) in [5.41, 5.74) is 7.25. The van der Waals surface area contributed by atoms with Crippen LogP contribution in [0.3, 0.4) is 0 Å². The molecule has 6 rings (SSSR count). The lowest BCUT2D eigenvalue weighted by Gasteiger charge is -2.40. The van der Waals surface area contributed by atoms with Crippen LogP contribution in [-0.4, -0.2) is 42.9 Å².